The molecular formula is C11H14ClFN2. The predicted molar refractivity (Wildman–Crippen MR) is 60.6 cm³/mol. The molecule has 2 nitrogen and oxygen atoms in total. The molecule has 0 bridgehead atoms. The molecule has 2 rings (SSSR count). The highest BCUT2D eigenvalue weighted by molar-refractivity contribution is 6.13. The van der Waals surface area contributed by atoms with Crippen molar-refractivity contribution in [3.05, 3.63) is 30.1 Å². The van der Waals surface area contributed by atoms with Crippen molar-refractivity contribution < 1.29 is 4.39 Å². The second-order valence-electron chi connectivity index (χ2n) is 3.89. The van der Waals surface area contributed by atoms with Gasteiger partial charge in [0.1, 0.15) is 5.82 Å². The van der Waals surface area contributed by atoms with Crippen LogP contribution >= 0.6 is 11.8 Å². The molecule has 0 saturated carbocycles. The molecule has 0 aromatic heterocycles. The first kappa shape index (κ1) is 10.7. The molecule has 1 heterocycles. The average Bonchev–Trinajstić information content (AvgIpc) is 2.23. The van der Waals surface area contributed by atoms with E-state index in [0.717, 1.165) is 25.3 Å². The second kappa shape index (κ2) is 4.37. The first-order chi connectivity index (χ1) is 7.16. The van der Waals surface area contributed by atoms with Gasteiger partial charge in [-0.3, -0.25) is 0 Å². The Morgan fingerprint density at radius 2 is 1.93 bits per heavy atom. The van der Waals surface area contributed by atoms with Gasteiger partial charge in [0.15, 0.2) is 0 Å². The number of nitrogens with zero attached hydrogens (tertiary/aromatic N) is 2. The number of benzene rings is 1. The number of hydrogen-bond donors (Lipinski definition) is 0. The van der Waals surface area contributed by atoms with Crippen LogP contribution in [0, 0.1) is 5.82 Å². The molecule has 1 fully saturated rings. The molecule has 0 aliphatic carbocycles. The van der Waals surface area contributed by atoms with Crippen LogP contribution < -0.4 is 4.90 Å². The van der Waals surface area contributed by atoms with Crippen molar-refractivity contribution in [1.82, 2.24) is 4.42 Å². The molecule has 15 heavy (non-hydrogen) atoms. The third-order valence-electron chi connectivity index (χ3n) is 2.74. The molecule has 1 aromatic carbocycles. The Morgan fingerprint density at radius 1 is 1.27 bits per heavy atom. The van der Waals surface area contributed by atoms with Gasteiger partial charge >= 0.3 is 0 Å². The summed E-state index contributed by atoms with van der Waals surface area (Å²) in [5.74, 6) is -0.192. The molecule has 1 aliphatic rings. The van der Waals surface area contributed by atoms with Crippen LogP contribution in [0.15, 0.2) is 24.3 Å². The number of anilines is 1. The average molecular weight is 229 g/mol. The molecule has 0 N–H and O–H groups in total. The summed E-state index contributed by atoms with van der Waals surface area (Å²) in [6.07, 6.45) is 0. The van der Waals surface area contributed by atoms with E-state index in [9.17, 15) is 4.39 Å². The Labute approximate surface area is 94.4 Å². The Bertz CT molecular complexity index is 328. The molecule has 0 amide bonds. The molecular weight excluding hydrogens is 215 g/mol. The van der Waals surface area contributed by atoms with Crippen molar-refractivity contribution in [2.45, 2.75) is 13.0 Å². The molecule has 1 aromatic rings. The lowest BCUT2D eigenvalue weighted by atomic mass is 10.2. The zero-order valence-corrected chi connectivity index (χ0v) is 9.41. The monoisotopic (exact) mass is 228 g/mol. The van der Waals surface area contributed by atoms with Crippen LogP contribution in [0.3, 0.4) is 0 Å². The SMILES string of the molecule is C[C@@H]1CN(c2ccc(F)cc2)CCN1Cl. The largest absolute Gasteiger partial charge is 0.369 e. The van der Waals surface area contributed by atoms with Crippen molar-refractivity contribution in [1.29, 1.82) is 0 Å². The van der Waals surface area contributed by atoms with Crippen LogP contribution in [0.2, 0.25) is 0 Å². The summed E-state index contributed by atoms with van der Waals surface area (Å²) in [5.41, 5.74) is 1.06. The Hall–Kier alpha value is -0.800. The van der Waals surface area contributed by atoms with Gasteiger partial charge in [0, 0.05) is 31.4 Å². The van der Waals surface area contributed by atoms with Gasteiger partial charge in [0.05, 0.1) is 0 Å². The number of hydrogen-bond acceptors (Lipinski definition) is 2. The highest BCUT2D eigenvalue weighted by Crippen LogP contribution is 2.20. The van der Waals surface area contributed by atoms with E-state index >= 15 is 0 Å². The predicted octanol–water partition coefficient (Wildman–Crippen LogP) is 2.49. The minimum absolute atomic E-state index is 0.192. The maximum atomic E-state index is 12.7. The van der Waals surface area contributed by atoms with Crippen molar-refractivity contribution in [3.8, 4) is 0 Å². The smallest absolute Gasteiger partial charge is 0.123 e. The maximum absolute atomic E-state index is 12.7. The minimum Gasteiger partial charge on any atom is -0.369 e. The summed E-state index contributed by atoms with van der Waals surface area (Å²) in [6, 6.07) is 6.93. The van der Waals surface area contributed by atoms with Gasteiger partial charge in [0.2, 0.25) is 0 Å². The van der Waals surface area contributed by atoms with Gasteiger partial charge in [-0.15, -0.1) is 0 Å². The fourth-order valence-corrected chi connectivity index (χ4v) is 1.96. The van der Waals surface area contributed by atoms with E-state index in [1.807, 2.05) is 16.6 Å². The molecule has 0 radical (unpaired) electrons. The van der Waals surface area contributed by atoms with Gasteiger partial charge in [-0.25, -0.2) is 8.81 Å². The third kappa shape index (κ3) is 2.41. The maximum Gasteiger partial charge on any atom is 0.123 e. The molecule has 1 saturated heterocycles. The zero-order valence-electron chi connectivity index (χ0n) is 8.66. The Morgan fingerprint density at radius 3 is 2.53 bits per heavy atom. The van der Waals surface area contributed by atoms with Crippen molar-refractivity contribution >= 4 is 17.5 Å². The van der Waals surface area contributed by atoms with Crippen molar-refractivity contribution in [2.24, 2.45) is 0 Å². The summed E-state index contributed by atoms with van der Waals surface area (Å²) in [4.78, 5) is 2.23. The van der Waals surface area contributed by atoms with Crippen molar-refractivity contribution in [2.75, 3.05) is 24.5 Å². The summed E-state index contributed by atoms with van der Waals surface area (Å²) in [5, 5.41) is 0. The van der Waals surface area contributed by atoms with Gasteiger partial charge in [-0.1, -0.05) is 0 Å². The highest BCUT2D eigenvalue weighted by Gasteiger charge is 2.22. The molecule has 0 unspecified atom stereocenters. The lowest BCUT2D eigenvalue weighted by Gasteiger charge is -2.37. The van der Waals surface area contributed by atoms with Crippen molar-refractivity contribution in [3.63, 3.8) is 0 Å². The molecule has 4 heteroatoms. The van der Waals surface area contributed by atoms with E-state index in [1.54, 1.807) is 0 Å². The van der Waals surface area contributed by atoms with Gasteiger partial charge in [0.25, 0.3) is 0 Å². The fourth-order valence-electron chi connectivity index (χ4n) is 1.82. The number of rotatable bonds is 1. The van der Waals surface area contributed by atoms with E-state index in [0.29, 0.717) is 6.04 Å². The summed E-state index contributed by atoms with van der Waals surface area (Å²) >= 11 is 5.99. The van der Waals surface area contributed by atoms with Crippen LogP contribution in [-0.2, 0) is 0 Å². The van der Waals surface area contributed by atoms with Crippen LogP contribution in [0.25, 0.3) is 0 Å². The van der Waals surface area contributed by atoms with Gasteiger partial charge in [-0.2, -0.15) is 0 Å². The molecule has 0 spiro atoms. The standard InChI is InChI=1S/C11H14ClFN2/c1-9-8-14(6-7-15(9)12)11-4-2-10(13)3-5-11/h2-5,9H,6-8H2,1H3/t9-/m1/s1. The fraction of sp³-hybridized carbons (Fsp3) is 0.455. The second-order valence-corrected chi connectivity index (χ2v) is 4.33. The molecule has 1 atom stereocenters. The normalized spacial score (nSPS) is 23.1. The minimum atomic E-state index is -0.192. The third-order valence-corrected chi connectivity index (χ3v) is 3.24. The van der Waals surface area contributed by atoms with Gasteiger partial charge < -0.3 is 4.90 Å². The summed E-state index contributed by atoms with van der Waals surface area (Å²) < 4.78 is 14.6. The topological polar surface area (TPSA) is 6.48 Å². The van der Waals surface area contributed by atoms with E-state index in [4.69, 9.17) is 11.8 Å². The van der Waals surface area contributed by atoms with E-state index < -0.39 is 0 Å². The quantitative estimate of drug-likeness (QED) is 0.682. The summed E-state index contributed by atoms with van der Waals surface area (Å²) in [7, 11) is 0. The first-order valence-electron chi connectivity index (χ1n) is 5.10. The first-order valence-corrected chi connectivity index (χ1v) is 5.43. The zero-order chi connectivity index (χ0) is 10.8. The van der Waals surface area contributed by atoms with Gasteiger partial charge in [-0.05, 0) is 43.0 Å². The van der Waals surface area contributed by atoms with Crippen LogP contribution in [0.5, 0.6) is 0 Å². The number of piperazine rings is 1. The van der Waals surface area contributed by atoms with Crippen LogP contribution in [-0.4, -0.2) is 30.1 Å². The van der Waals surface area contributed by atoms with E-state index in [1.165, 1.54) is 12.1 Å². The van der Waals surface area contributed by atoms with E-state index in [-0.39, 0.29) is 5.82 Å². The Balaban J connectivity index is 2.08. The highest BCUT2D eigenvalue weighted by atomic mass is 35.5. The lowest BCUT2D eigenvalue weighted by molar-refractivity contribution is 0.324. The summed E-state index contributed by atoms with van der Waals surface area (Å²) in [6.45, 7) is 4.69. The van der Waals surface area contributed by atoms with Crippen LogP contribution in [0.1, 0.15) is 6.92 Å². The molecule has 1 aliphatic heterocycles. The van der Waals surface area contributed by atoms with E-state index in [2.05, 4.69) is 11.8 Å². The molecule has 82 valence electrons. The number of halogens is 2. The Kier molecular flexibility index (Phi) is 3.12. The van der Waals surface area contributed by atoms with Crippen LogP contribution in [0.4, 0.5) is 10.1 Å². The lowest BCUT2D eigenvalue weighted by Crippen LogP contribution is -2.48.